The van der Waals surface area contributed by atoms with Crippen LogP contribution < -0.4 is 15.0 Å². The van der Waals surface area contributed by atoms with Crippen molar-refractivity contribution in [2.45, 2.75) is 6.54 Å². The molecule has 0 spiro atoms. The zero-order valence-corrected chi connectivity index (χ0v) is 10.1. The molecule has 0 fully saturated rings. The summed E-state index contributed by atoms with van der Waals surface area (Å²) in [5, 5.41) is 2.85. The third kappa shape index (κ3) is 3.07. The lowest BCUT2D eigenvalue weighted by Crippen LogP contribution is -2.23. The van der Waals surface area contributed by atoms with Crippen LogP contribution in [0.25, 0.3) is 0 Å². The minimum absolute atomic E-state index is 0.113. The number of methoxy groups -OCH3 is 1. The normalized spacial score (nSPS) is 9.83. The molecule has 1 aromatic carbocycles. The second-order valence-electron chi connectivity index (χ2n) is 3.83. The Morgan fingerprint density at radius 1 is 1.33 bits per heavy atom. The molecular formula is C14H15N2O2+. The zero-order valence-electron chi connectivity index (χ0n) is 10.1. The molecule has 0 atom stereocenters. The number of nitrogens with one attached hydrogen (secondary N) is 2. The molecule has 0 unspecified atom stereocenters. The first kappa shape index (κ1) is 12.1. The molecule has 2 N–H and O–H groups in total. The molecule has 4 heteroatoms. The molecule has 1 heterocycles. The van der Waals surface area contributed by atoms with Gasteiger partial charge in [0.15, 0.2) is 12.4 Å². The SMILES string of the molecule is COc1cccc(C(=O)NCc2ccc[nH+]c2)c1. The second-order valence-corrected chi connectivity index (χ2v) is 3.83. The average Bonchev–Trinajstić information content (AvgIpc) is 2.46. The summed E-state index contributed by atoms with van der Waals surface area (Å²) in [4.78, 5) is 14.9. The lowest BCUT2D eigenvalue weighted by atomic mass is 10.2. The first-order chi connectivity index (χ1) is 8.79. The van der Waals surface area contributed by atoms with Crippen LogP contribution in [0.5, 0.6) is 5.75 Å². The van der Waals surface area contributed by atoms with E-state index in [0.717, 1.165) is 5.56 Å². The number of carbonyl (C=O) groups is 1. The van der Waals surface area contributed by atoms with Crippen molar-refractivity contribution in [1.29, 1.82) is 0 Å². The van der Waals surface area contributed by atoms with Gasteiger partial charge in [0.2, 0.25) is 0 Å². The van der Waals surface area contributed by atoms with Gasteiger partial charge in [0.1, 0.15) is 5.75 Å². The maximum Gasteiger partial charge on any atom is 0.251 e. The van der Waals surface area contributed by atoms with Gasteiger partial charge in [-0.2, -0.15) is 0 Å². The summed E-state index contributed by atoms with van der Waals surface area (Å²) in [6, 6.07) is 10.9. The lowest BCUT2D eigenvalue weighted by Gasteiger charge is -2.05. The van der Waals surface area contributed by atoms with Crippen LogP contribution in [-0.4, -0.2) is 13.0 Å². The fourth-order valence-corrected chi connectivity index (χ4v) is 1.59. The molecule has 2 rings (SSSR count). The Balaban J connectivity index is 1.99. The standard InChI is InChI=1S/C14H14N2O2/c1-18-13-6-2-5-12(8-13)14(17)16-10-11-4-3-7-15-9-11/h2-9H,10H2,1H3,(H,16,17)/p+1. The maximum absolute atomic E-state index is 11.9. The first-order valence-electron chi connectivity index (χ1n) is 5.67. The van der Waals surface area contributed by atoms with E-state index in [4.69, 9.17) is 4.74 Å². The molecule has 92 valence electrons. The number of hydrogen-bond acceptors (Lipinski definition) is 2. The summed E-state index contributed by atoms with van der Waals surface area (Å²) in [6.45, 7) is 0.493. The van der Waals surface area contributed by atoms with Crippen molar-refractivity contribution in [3.63, 3.8) is 0 Å². The molecule has 0 aliphatic rings. The number of benzene rings is 1. The van der Waals surface area contributed by atoms with Crippen molar-refractivity contribution in [2.24, 2.45) is 0 Å². The van der Waals surface area contributed by atoms with Crippen LogP contribution in [-0.2, 0) is 6.54 Å². The third-order valence-electron chi connectivity index (χ3n) is 2.56. The van der Waals surface area contributed by atoms with Crippen molar-refractivity contribution in [2.75, 3.05) is 7.11 Å². The summed E-state index contributed by atoms with van der Waals surface area (Å²) in [6.07, 6.45) is 3.68. The number of rotatable bonds is 4. The van der Waals surface area contributed by atoms with Gasteiger partial charge < -0.3 is 10.1 Å². The molecule has 1 aromatic heterocycles. The highest BCUT2D eigenvalue weighted by Gasteiger charge is 2.06. The average molecular weight is 243 g/mol. The van der Waals surface area contributed by atoms with E-state index in [1.54, 1.807) is 25.3 Å². The van der Waals surface area contributed by atoms with Gasteiger partial charge in [-0.1, -0.05) is 6.07 Å². The molecule has 0 saturated heterocycles. The van der Waals surface area contributed by atoms with Crippen LogP contribution in [0.1, 0.15) is 15.9 Å². The fourth-order valence-electron chi connectivity index (χ4n) is 1.59. The van der Waals surface area contributed by atoms with Gasteiger partial charge in [-0.15, -0.1) is 0 Å². The summed E-state index contributed by atoms with van der Waals surface area (Å²) in [5.41, 5.74) is 1.61. The van der Waals surface area contributed by atoms with Crippen LogP contribution >= 0.6 is 0 Å². The Labute approximate surface area is 106 Å². The van der Waals surface area contributed by atoms with Gasteiger partial charge in [-0.25, -0.2) is 4.98 Å². The Bertz CT molecular complexity index is 526. The van der Waals surface area contributed by atoms with E-state index < -0.39 is 0 Å². The highest BCUT2D eigenvalue weighted by Crippen LogP contribution is 2.12. The highest BCUT2D eigenvalue weighted by molar-refractivity contribution is 5.94. The van der Waals surface area contributed by atoms with E-state index in [2.05, 4.69) is 10.3 Å². The molecule has 0 aliphatic heterocycles. The van der Waals surface area contributed by atoms with Crippen molar-refractivity contribution >= 4 is 5.91 Å². The van der Waals surface area contributed by atoms with Gasteiger partial charge >= 0.3 is 0 Å². The molecule has 2 aromatic rings. The Hall–Kier alpha value is -2.36. The van der Waals surface area contributed by atoms with E-state index in [9.17, 15) is 4.79 Å². The summed E-state index contributed by atoms with van der Waals surface area (Å²) in [5.74, 6) is 0.563. The minimum Gasteiger partial charge on any atom is -0.497 e. The minimum atomic E-state index is -0.113. The number of hydrogen-bond donors (Lipinski definition) is 1. The predicted molar refractivity (Wildman–Crippen MR) is 67.2 cm³/mol. The van der Waals surface area contributed by atoms with Crippen molar-refractivity contribution < 1.29 is 14.5 Å². The summed E-state index contributed by atoms with van der Waals surface area (Å²) < 4.78 is 5.08. The smallest absolute Gasteiger partial charge is 0.251 e. The Morgan fingerprint density at radius 2 is 2.22 bits per heavy atom. The largest absolute Gasteiger partial charge is 0.497 e. The topological polar surface area (TPSA) is 52.5 Å². The van der Waals surface area contributed by atoms with Gasteiger partial charge in [0, 0.05) is 23.7 Å². The van der Waals surface area contributed by atoms with Gasteiger partial charge in [0.05, 0.1) is 7.11 Å². The van der Waals surface area contributed by atoms with Crippen LogP contribution in [0.3, 0.4) is 0 Å². The van der Waals surface area contributed by atoms with Crippen molar-refractivity contribution in [3.8, 4) is 5.75 Å². The molecule has 0 radical (unpaired) electrons. The van der Waals surface area contributed by atoms with Gasteiger partial charge in [-0.05, 0) is 24.3 Å². The second kappa shape index (κ2) is 5.82. The predicted octanol–water partition coefficient (Wildman–Crippen LogP) is 1.44. The molecule has 4 nitrogen and oxygen atoms in total. The van der Waals surface area contributed by atoms with E-state index in [0.29, 0.717) is 17.9 Å². The van der Waals surface area contributed by atoms with E-state index in [1.165, 1.54) is 0 Å². The van der Waals surface area contributed by atoms with Crippen LogP contribution in [0.15, 0.2) is 48.8 Å². The first-order valence-corrected chi connectivity index (χ1v) is 5.67. The molecular weight excluding hydrogens is 228 g/mol. The number of carbonyl (C=O) groups excluding carboxylic acids is 1. The number of aromatic amines is 1. The molecule has 0 bridgehead atoms. The van der Waals surface area contributed by atoms with Crippen molar-refractivity contribution in [1.82, 2.24) is 5.32 Å². The van der Waals surface area contributed by atoms with Crippen LogP contribution in [0.2, 0.25) is 0 Å². The van der Waals surface area contributed by atoms with E-state index >= 15 is 0 Å². The molecule has 1 amide bonds. The Kier molecular flexibility index (Phi) is 3.91. The van der Waals surface area contributed by atoms with Gasteiger partial charge in [0.25, 0.3) is 5.91 Å². The monoisotopic (exact) mass is 243 g/mol. The molecule has 0 saturated carbocycles. The maximum atomic E-state index is 11.9. The Morgan fingerprint density at radius 3 is 2.94 bits per heavy atom. The summed E-state index contributed by atoms with van der Waals surface area (Å²) >= 11 is 0. The zero-order chi connectivity index (χ0) is 12.8. The number of amides is 1. The van der Waals surface area contributed by atoms with Crippen LogP contribution in [0.4, 0.5) is 0 Å². The van der Waals surface area contributed by atoms with E-state index in [-0.39, 0.29) is 5.91 Å². The number of pyridine rings is 1. The third-order valence-corrected chi connectivity index (χ3v) is 2.56. The lowest BCUT2D eigenvalue weighted by molar-refractivity contribution is -0.378. The quantitative estimate of drug-likeness (QED) is 0.883. The number of H-pyrrole nitrogens is 1. The molecule has 18 heavy (non-hydrogen) atoms. The summed E-state index contributed by atoms with van der Waals surface area (Å²) in [7, 11) is 1.58. The highest BCUT2D eigenvalue weighted by atomic mass is 16.5. The number of ether oxygens (including phenoxy) is 1. The molecule has 0 aliphatic carbocycles. The fraction of sp³-hybridized carbons (Fsp3) is 0.143. The van der Waals surface area contributed by atoms with Crippen LogP contribution in [0, 0.1) is 0 Å². The van der Waals surface area contributed by atoms with Crippen molar-refractivity contribution in [3.05, 3.63) is 59.9 Å². The van der Waals surface area contributed by atoms with E-state index in [1.807, 2.05) is 30.6 Å². The van der Waals surface area contributed by atoms with Gasteiger partial charge in [-0.3, -0.25) is 4.79 Å². The number of aromatic nitrogens is 1.